The maximum Gasteiger partial charge on any atom is 0.270 e. The minimum Gasteiger partial charge on any atom is -0.337 e. The summed E-state index contributed by atoms with van der Waals surface area (Å²) < 4.78 is 0. The standard InChI is InChI=1S/C18H23N3O3/c22-18(9-8-15-4-3-7-17(14-15)21(23)24)20-12-10-19(11-13-20)16-5-1-2-6-16/h3-4,7-9,14,16H,1-2,5-6,10-13H2/b9-8+. The molecule has 2 aliphatic rings. The lowest BCUT2D eigenvalue weighted by atomic mass is 10.1. The van der Waals surface area contributed by atoms with Gasteiger partial charge in [-0.3, -0.25) is 19.8 Å². The van der Waals surface area contributed by atoms with E-state index in [0.29, 0.717) is 11.6 Å². The molecule has 0 N–H and O–H groups in total. The van der Waals surface area contributed by atoms with Gasteiger partial charge in [0.2, 0.25) is 5.91 Å². The molecule has 1 saturated carbocycles. The quantitative estimate of drug-likeness (QED) is 0.484. The Morgan fingerprint density at radius 3 is 2.54 bits per heavy atom. The third-order valence-corrected chi connectivity index (χ3v) is 4.97. The Morgan fingerprint density at radius 1 is 1.17 bits per heavy atom. The van der Waals surface area contributed by atoms with Crippen LogP contribution >= 0.6 is 0 Å². The van der Waals surface area contributed by atoms with Crippen LogP contribution in [-0.4, -0.2) is 52.9 Å². The van der Waals surface area contributed by atoms with Gasteiger partial charge in [-0.1, -0.05) is 25.0 Å². The van der Waals surface area contributed by atoms with Crippen molar-refractivity contribution in [3.05, 3.63) is 46.0 Å². The van der Waals surface area contributed by atoms with Crippen LogP contribution in [0.15, 0.2) is 30.3 Å². The lowest BCUT2D eigenvalue weighted by Crippen LogP contribution is -2.51. The molecule has 6 nitrogen and oxygen atoms in total. The number of nitrogens with zero attached hydrogens (tertiary/aromatic N) is 3. The summed E-state index contributed by atoms with van der Waals surface area (Å²) >= 11 is 0. The molecule has 0 unspecified atom stereocenters. The van der Waals surface area contributed by atoms with Gasteiger partial charge < -0.3 is 4.90 Å². The molecule has 1 heterocycles. The summed E-state index contributed by atoms with van der Waals surface area (Å²) in [5.41, 5.74) is 0.705. The average Bonchev–Trinajstić information content (AvgIpc) is 3.14. The molecule has 1 amide bonds. The number of rotatable bonds is 4. The van der Waals surface area contributed by atoms with Gasteiger partial charge in [-0.05, 0) is 24.5 Å². The minimum atomic E-state index is -0.429. The van der Waals surface area contributed by atoms with Crippen LogP contribution in [0.1, 0.15) is 31.2 Å². The number of hydrogen-bond acceptors (Lipinski definition) is 4. The third-order valence-electron chi connectivity index (χ3n) is 4.97. The molecule has 1 aliphatic carbocycles. The highest BCUT2D eigenvalue weighted by molar-refractivity contribution is 5.91. The molecule has 1 aromatic rings. The Kier molecular flexibility index (Phi) is 5.25. The van der Waals surface area contributed by atoms with Crippen molar-refractivity contribution < 1.29 is 9.72 Å². The van der Waals surface area contributed by atoms with E-state index in [1.54, 1.807) is 18.2 Å². The van der Waals surface area contributed by atoms with E-state index in [1.807, 2.05) is 4.90 Å². The minimum absolute atomic E-state index is 0.0208. The number of nitro groups is 1. The van der Waals surface area contributed by atoms with Crippen LogP contribution in [0.2, 0.25) is 0 Å². The van der Waals surface area contributed by atoms with Crippen molar-refractivity contribution >= 4 is 17.7 Å². The van der Waals surface area contributed by atoms with Crippen molar-refractivity contribution in [1.29, 1.82) is 0 Å². The SMILES string of the molecule is O=C(/C=C/c1cccc([N+](=O)[O-])c1)N1CCN(C2CCCC2)CC1. The summed E-state index contributed by atoms with van der Waals surface area (Å²) in [4.78, 5) is 27.0. The summed E-state index contributed by atoms with van der Waals surface area (Å²) in [6.07, 6.45) is 8.41. The zero-order valence-electron chi connectivity index (χ0n) is 13.8. The number of non-ortho nitro benzene ring substituents is 1. The second-order valence-electron chi connectivity index (χ2n) is 6.48. The Hall–Kier alpha value is -2.21. The topological polar surface area (TPSA) is 66.7 Å². The fraction of sp³-hybridized carbons (Fsp3) is 0.500. The molecule has 1 aliphatic heterocycles. The molecule has 0 radical (unpaired) electrons. The average molecular weight is 329 g/mol. The van der Waals surface area contributed by atoms with E-state index in [-0.39, 0.29) is 11.6 Å². The van der Waals surface area contributed by atoms with Crippen LogP contribution in [0.25, 0.3) is 6.08 Å². The zero-order chi connectivity index (χ0) is 16.9. The van der Waals surface area contributed by atoms with Gasteiger partial charge in [0.25, 0.3) is 5.69 Å². The number of benzene rings is 1. The molecule has 0 bridgehead atoms. The van der Waals surface area contributed by atoms with Crippen molar-refractivity contribution in [1.82, 2.24) is 9.80 Å². The predicted molar refractivity (Wildman–Crippen MR) is 92.5 cm³/mol. The first-order valence-corrected chi connectivity index (χ1v) is 8.59. The second kappa shape index (κ2) is 7.57. The number of piperazine rings is 1. The Balaban J connectivity index is 1.54. The Morgan fingerprint density at radius 2 is 1.88 bits per heavy atom. The normalized spacial score (nSPS) is 19.9. The molecule has 6 heteroatoms. The molecule has 2 fully saturated rings. The molecule has 24 heavy (non-hydrogen) atoms. The van der Waals surface area contributed by atoms with Gasteiger partial charge in [-0.2, -0.15) is 0 Å². The van der Waals surface area contributed by atoms with E-state index in [4.69, 9.17) is 0 Å². The predicted octanol–water partition coefficient (Wildman–Crippen LogP) is 2.69. The van der Waals surface area contributed by atoms with E-state index in [9.17, 15) is 14.9 Å². The molecule has 128 valence electrons. The van der Waals surface area contributed by atoms with E-state index in [2.05, 4.69) is 4.90 Å². The maximum absolute atomic E-state index is 12.3. The van der Waals surface area contributed by atoms with Gasteiger partial charge in [-0.25, -0.2) is 0 Å². The van der Waals surface area contributed by atoms with Crippen molar-refractivity contribution in [2.45, 2.75) is 31.7 Å². The van der Waals surface area contributed by atoms with Gasteiger partial charge in [0, 0.05) is 50.4 Å². The van der Waals surface area contributed by atoms with Crippen LogP contribution in [0.5, 0.6) is 0 Å². The van der Waals surface area contributed by atoms with E-state index in [1.165, 1.54) is 43.9 Å². The van der Waals surface area contributed by atoms with Crippen LogP contribution < -0.4 is 0 Å². The summed E-state index contributed by atoms with van der Waals surface area (Å²) in [6.45, 7) is 3.41. The van der Waals surface area contributed by atoms with Gasteiger partial charge >= 0.3 is 0 Å². The van der Waals surface area contributed by atoms with Gasteiger partial charge in [-0.15, -0.1) is 0 Å². The molecular weight excluding hydrogens is 306 g/mol. The smallest absolute Gasteiger partial charge is 0.270 e. The highest BCUT2D eigenvalue weighted by atomic mass is 16.6. The van der Waals surface area contributed by atoms with Crippen molar-refractivity contribution in [2.24, 2.45) is 0 Å². The second-order valence-corrected chi connectivity index (χ2v) is 6.48. The first-order valence-electron chi connectivity index (χ1n) is 8.59. The maximum atomic E-state index is 12.3. The van der Waals surface area contributed by atoms with Crippen molar-refractivity contribution in [3.8, 4) is 0 Å². The van der Waals surface area contributed by atoms with Crippen LogP contribution in [-0.2, 0) is 4.79 Å². The van der Waals surface area contributed by atoms with Crippen LogP contribution in [0.4, 0.5) is 5.69 Å². The molecule has 0 atom stereocenters. The Bertz CT molecular complexity index is 630. The largest absolute Gasteiger partial charge is 0.337 e. The first-order chi connectivity index (χ1) is 11.6. The molecule has 1 aromatic carbocycles. The van der Waals surface area contributed by atoms with E-state index in [0.717, 1.165) is 26.2 Å². The van der Waals surface area contributed by atoms with Crippen LogP contribution in [0, 0.1) is 10.1 Å². The molecule has 0 spiro atoms. The highest BCUT2D eigenvalue weighted by Crippen LogP contribution is 2.24. The third kappa shape index (κ3) is 4.00. The van der Waals surface area contributed by atoms with E-state index < -0.39 is 4.92 Å². The molecular formula is C18H23N3O3. The number of hydrogen-bond donors (Lipinski definition) is 0. The van der Waals surface area contributed by atoms with Crippen LogP contribution in [0.3, 0.4) is 0 Å². The fourth-order valence-corrected chi connectivity index (χ4v) is 3.59. The van der Waals surface area contributed by atoms with Gasteiger partial charge in [0.05, 0.1) is 4.92 Å². The molecule has 0 aromatic heterocycles. The number of nitro benzene ring substituents is 1. The van der Waals surface area contributed by atoms with E-state index >= 15 is 0 Å². The number of amides is 1. The fourth-order valence-electron chi connectivity index (χ4n) is 3.59. The lowest BCUT2D eigenvalue weighted by Gasteiger charge is -2.37. The highest BCUT2D eigenvalue weighted by Gasteiger charge is 2.27. The summed E-state index contributed by atoms with van der Waals surface area (Å²) in [5, 5.41) is 10.8. The summed E-state index contributed by atoms with van der Waals surface area (Å²) in [7, 11) is 0. The Labute approximate surface area is 141 Å². The monoisotopic (exact) mass is 329 g/mol. The number of carbonyl (C=O) groups is 1. The van der Waals surface area contributed by atoms with Gasteiger partial charge in [0.1, 0.15) is 0 Å². The van der Waals surface area contributed by atoms with Crippen molar-refractivity contribution in [2.75, 3.05) is 26.2 Å². The van der Waals surface area contributed by atoms with Gasteiger partial charge in [0.15, 0.2) is 0 Å². The molecule has 3 rings (SSSR count). The lowest BCUT2D eigenvalue weighted by molar-refractivity contribution is -0.384. The zero-order valence-corrected chi connectivity index (χ0v) is 13.8. The summed E-state index contributed by atoms with van der Waals surface area (Å²) in [6, 6.07) is 7.02. The van der Waals surface area contributed by atoms with Crippen molar-refractivity contribution in [3.63, 3.8) is 0 Å². The first kappa shape index (κ1) is 16.6. The summed E-state index contributed by atoms with van der Waals surface area (Å²) in [5.74, 6) is -0.0208. The number of carbonyl (C=O) groups excluding carboxylic acids is 1. The molecule has 1 saturated heterocycles.